The Balaban J connectivity index is 2.09. The number of rotatable bonds is 6. The first-order chi connectivity index (χ1) is 10.1. The number of nitrogens with two attached hydrogens (primary N) is 1. The van der Waals surface area contributed by atoms with Gasteiger partial charge in [-0.1, -0.05) is 12.1 Å². The standard InChI is InChI=1S/C15H17N3O2S/c1-10-6-7-13(19)12(18-10)8-17-11-4-2-3-5-14(11)21-9-15(16)20/h2-7,17,19H,8-9H2,1H3,(H2,16,20). The number of aromatic nitrogens is 1. The number of hydrogen-bond acceptors (Lipinski definition) is 5. The minimum atomic E-state index is -0.354. The average molecular weight is 303 g/mol. The first-order valence-electron chi connectivity index (χ1n) is 6.46. The van der Waals surface area contributed by atoms with E-state index in [1.54, 1.807) is 12.1 Å². The van der Waals surface area contributed by atoms with E-state index in [0.717, 1.165) is 16.3 Å². The molecule has 5 nitrogen and oxygen atoms in total. The van der Waals surface area contributed by atoms with Crippen molar-refractivity contribution in [3.05, 3.63) is 47.8 Å². The van der Waals surface area contributed by atoms with Crippen molar-refractivity contribution in [3.8, 4) is 5.75 Å². The number of carbonyl (C=O) groups is 1. The third-order valence-corrected chi connectivity index (χ3v) is 3.89. The van der Waals surface area contributed by atoms with Gasteiger partial charge in [0.15, 0.2) is 0 Å². The van der Waals surface area contributed by atoms with Crippen LogP contribution in [0.2, 0.25) is 0 Å². The lowest BCUT2D eigenvalue weighted by Gasteiger charge is -2.12. The summed E-state index contributed by atoms with van der Waals surface area (Å²) in [7, 11) is 0. The van der Waals surface area contributed by atoms with E-state index in [1.165, 1.54) is 11.8 Å². The predicted molar refractivity (Wildman–Crippen MR) is 84.3 cm³/mol. The van der Waals surface area contributed by atoms with Gasteiger partial charge in [0.1, 0.15) is 11.4 Å². The van der Waals surface area contributed by atoms with Gasteiger partial charge in [-0.25, -0.2) is 0 Å². The number of nitrogens with one attached hydrogen (secondary N) is 1. The lowest BCUT2D eigenvalue weighted by atomic mass is 10.2. The van der Waals surface area contributed by atoms with Crippen molar-refractivity contribution < 1.29 is 9.90 Å². The molecule has 21 heavy (non-hydrogen) atoms. The zero-order chi connectivity index (χ0) is 15.2. The van der Waals surface area contributed by atoms with Crippen LogP contribution in [0.3, 0.4) is 0 Å². The number of amides is 1. The van der Waals surface area contributed by atoms with E-state index in [9.17, 15) is 9.90 Å². The number of aryl methyl sites for hydroxylation is 1. The van der Waals surface area contributed by atoms with Crippen LogP contribution in [0.25, 0.3) is 0 Å². The van der Waals surface area contributed by atoms with Crippen molar-refractivity contribution in [2.45, 2.75) is 18.4 Å². The van der Waals surface area contributed by atoms with E-state index < -0.39 is 0 Å². The van der Waals surface area contributed by atoms with Gasteiger partial charge in [0.05, 0.1) is 12.3 Å². The molecule has 1 aromatic carbocycles. The molecule has 0 aliphatic rings. The SMILES string of the molecule is Cc1ccc(O)c(CNc2ccccc2SCC(N)=O)n1. The molecular formula is C15H17N3O2S. The first-order valence-corrected chi connectivity index (χ1v) is 7.44. The Hall–Kier alpha value is -2.21. The molecule has 0 aliphatic carbocycles. The molecule has 6 heteroatoms. The number of thioether (sulfide) groups is 1. The summed E-state index contributed by atoms with van der Waals surface area (Å²) in [6.45, 7) is 2.28. The minimum absolute atomic E-state index is 0.162. The van der Waals surface area contributed by atoms with Gasteiger partial charge >= 0.3 is 0 Å². The van der Waals surface area contributed by atoms with Crippen molar-refractivity contribution in [1.82, 2.24) is 4.98 Å². The van der Waals surface area contributed by atoms with E-state index in [2.05, 4.69) is 10.3 Å². The zero-order valence-corrected chi connectivity index (χ0v) is 12.5. The molecule has 0 fully saturated rings. The molecule has 1 amide bonds. The van der Waals surface area contributed by atoms with Crippen LogP contribution in [0.1, 0.15) is 11.4 Å². The quantitative estimate of drug-likeness (QED) is 0.713. The smallest absolute Gasteiger partial charge is 0.227 e. The predicted octanol–water partition coefficient (Wildman–Crippen LogP) is 2.29. The van der Waals surface area contributed by atoms with Crippen LogP contribution in [0.5, 0.6) is 5.75 Å². The van der Waals surface area contributed by atoms with Gasteiger partial charge in [-0.05, 0) is 31.2 Å². The van der Waals surface area contributed by atoms with Crippen LogP contribution in [0.4, 0.5) is 5.69 Å². The topological polar surface area (TPSA) is 88.2 Å². The molecule has 0 spiro atoms. The Morgan fingerprint density at radius 3 is 2.86 bits per heavy atom. The van der Waals surface area contributed by atoms with Crippen LogP contribution in [0.15, 0.2) is 41.3 Å². The lowest BCUT2D eigenvalue weighted by molar-refractivity contribution is -0.115. The number of primary amides is 1. The highest BCUT2D eigenvalue weighted by atomic mass is 32.2. The monoisotopic (exact) mass is 303 g/mol. The van der Waals surface area contributed by atoms with Crippen molar-refractivity contribution in [3.63, 3.8) is 0 Å². The van der Waals surface area contributed by atoms with E-state index in [1.807, 2.05) is 31.2 Å². The highest BCUT2D eigenvalue weighted by molar-refractivity contribution is 8.00. The van der Waals surface area contributed by atoms with Crippen LogP contribution >= 0.6 is 11.8 Å². The van der Waals surface area contributed by atoms with Crippen molar-refractivity contribution in [2.75, 3.05) is 11.1 Å². The highest BCUT2D eigenvalue weighted by Gasteiger charge is 2.07. The molecule has 0 saturated heterocycles. The van der Waals surface area contributed by atoms with E-state index in [-0.39, 0.29) is 17.4 Å². The molecule has 0 aliphatic heterocycles. The fraction of sp³-hybridized carbons (Fsp3) is 0.200. The van der Waals surface area contributed by atoms with E-state index in [0.29, 0.717) is 12.2 Å². The number of hydrogen-bond donors (Lipinski definition) is 3. The Morgan fingerprint density at radius 1 is 1.33 bits per heavy atom. The molecule has 4 N–H and O–H groups in total. The molecule has 1 heterocycles. The largest absolute Gasteiger partial charge is 0.506 e. The van der Waals surface area contributed by atoms with Crippen molar-refractivity contribution in [2.24, 2.45) is 5.73 Å². The van der Waals surface area contributed by atoms with E-state index in [4.69, 9.17) is 5.73 Å². The average Bonchev–Trinajstić information content (AvgIpc) is 2.47. The van der Waals surface area contributed by atoms with Gasteiger partial charge in [0, 0.05) is 16.3 Å². The third kappa shape index (κ3) is 4.39. The minimum Gasteiger partial charge on any atom is -0.506 e. The second-order valence-electron chi connectivity index (χ2n) is 4.52. The molecule has 0 unspecified atom stereocenters. The number of carbonyl (C=O) groups excluding carboxylic acids is 1. The molecule has 1 aromatic heterocycles. The number of aromatic hydroxyl groups is 1. The van der Waals surface area contributed by atoms with Gasteiger partial charge in [-0.3, -0.25) is 9.78 Å². The van der Waals surface area contributed by atoms with Crippen LogP contribution in [-0.4, -0.2) is 21.8 Å². The molecule has 0 atom stereocenters. The fourth-order valence-electron chi connectivity index (χ4n) is 1.80. The highest BCUT2D eigenvalue weighted by Crippen LogP contribution is 2.27. The maximum Gasteiger partial charge on any atom is 0.227 e. The second-order valence-corrected chi connectivity index (χ2v) is 5.54. The summed E-state index contributed by atoms with van der Waals surface area (Å²) in [4.78, 5) is 16.1. The Labute approximate surface area is 127 Å². The van der Waals surface area contributed by atoms with Crippen molar-refractivity contribution >= 4 is 23.4 Å². The molecule has 0 bridgehead atoms. The van der Waals surface area contributed by atoms with Gasteiger partial charge < -0.3 is 16.2 Å². The summed E-state index contributed by atoms with van der Waals surface area (Å²) < 4.78 is 0. The van der Waals surface area contributed by atoms with Gasteiger partial charge in [0.25, 0.3) is 0 Å². The number of benzene rings is 1. The van der Waals surface area contributed by atoms with Gasteiger partial charge in [-0.15, -0.1) is 11.8 Å². The molecule has 2 aromatic rings. The number of pyridine rings is 1. The number of nitrogens with zero attached hydrogens (tertiary/aromatic N) is 1. The first kappa shape index (κ1) is 15.2. The van der Waals surface area contributed by atoms with Gasteiger partial charge in [-0.2, -0.15) is 0 Å². The number of anilines is 1. The normalized spacial score (nSPS) is 10.3. The molecule has 0 radical (unpaired) electrons. The molecule has 2 rings (SSSR count). The summed E-state index contributed by atoms with van der Waals surface area (Å²) in [5, 5.41) is 13.0. The Kier molecular flexibility index (Phi) is 5.05. The lowest BCUT2D eigenvalue weighted by Crippen LogP contribution is -2.13. The van der Waals surface area contributed by atoms with Crippen LogP contribution < -0.4 is 11.1 Å². The molecular weight excluding hydrogens is 286 g/mol. The second kappa shape index (κ2) is 6.99. The molecule has 0 saturated carbocycles. The van der Waals surface area contributed by atoms with Crippen LogP contribution in [-0.2, 0) is 11.3 Å². The van der Waals surface area contributed by atoms with Gasteiger partial charge in [0.2, 0.25) is 5.91 Å². The third-order valence-electron chi connectivity index (χ3n) is 2.79. The zero-order valence-electron chi connectivity index (χ0n) is 11.7. The summed E-state index contributed by atoms with van der Waals surface area (Å²) in [6.07, 6.45) is 0. The van der Waals surface area contributed by atoms with Crippen LogP contribution in [0, 0.1) is 6.92 Å². The molecule has 110 valence electrons. The maximum atomic E-state index is 10.9. The number of para-hydroxylation sites is 1. The summed E-state index contributed by atoms with van der Waals surface area (Å²) in [6, 6.07) is 11.0. The Bertz CT molecular complexity index is 647. The summed E-state index contributed by atoms with van der Waals surface area (Å²) in [5.41, 5.74) is 7.49. The fourth-order valence-corrected chi connectivity index (χ4v) is 2.57. The Morgan fingerprint density at radius 2 is 2.10 bits per heavy atom. The maximum absolute atomic E-state index is 10.9. The van der Waals surface area contributed by atoms with E-state index >= 15 is 0 Å². The summed E-state index contributed by atoms with van der Waals surface area (Å²) in [5.74, 6) is 0.0373. The summed E-state index contributed by atoms with van der Waals surface area (Å²) >= 11 is 1.38. The van der Waals surface area contributed by atoms with Crippen molar-refractivity contribution in [1.29, 1.82) is 0 Å².